The molecule has 0 spiro atoms. The van der Waals surface area contributed by atoms with E-state index < -0.39 is 11.9 Å². The highest BCUT2D eigenvalue weighted by Gasteiger charge is 2.13. The summed E-state index contributed by atoms with van der Waals surface area (Å²) in [7, 11) is 0. The lowest BCUT2D eigenvalue weighted by atomic mass is 10.0. The van der Waals surface area contributed by atoms with Crippen molar-refractivity contribution in [2.75, 3.05) is 0 Å². The predicted molar refractivity (Wildman–Crippen MR) is 125 cm³/mol. The minimum absolute atomic E-state index is 0.104. The van der Waals surface area contributed by atoms with Crippen LogP contribution in [0.15, 0.2) is 97.1 Å². The van der Waals surface area contributed by atoms with Gasteiger partial charge in [-0.1, -0.05) is 66.4 Å². The fraction of sp³-hybridized carbons (Fsp3) is 0. The molecule has 5 heteroatoms. The molecule has 33 heavy (non-hydrogen) atoms. The van der Waals surface area contributed by atoms with Crippen LogP contribution in [0.1, 0.15) is 31.8 Å². The fourth-order valence-corrected chi connectivity index (χ4v) is 3.24. The van der Waals surface area contributed by atoms with E-state index in [-0.39, 0.29) is 16.9 Å². The average molecular weight is 434 g/mol. The van der Waals surface area contributed by atoms with Crippen LogP contribution in [0.5, 0.6) is 11.5 Å². The molecular weight excluding hydrogens is 416 g/mol. The SMILES string of the molecule is O=C(O)c1cc(Oc2ccccc2C#Cc2cccc(-c3ccccc3)c2)cc(C(=O)O)c1. The minimum atomic E-state index is -1.24. The van der Waals surface area contributed by atoms with Crippen molar-refractivity contribution >= 4 is 11.9 Å². The molecule has 0 bridgehead atoms. The molecule has 0 atom stereocenters. The molecule has 0 aliphatic carbocycles. The molecule has 5 nitrogen and oxygen atoms in total. The molecule has 0 fully saturated rings. The van der Waals surface area contributed by atoms with Crippen LogP contribution in [0.25, 0.3) is 11.1 Å². The average Bonchev–Trinajstić information content (AvgIpc) is 2.84. The molecule has 0 amide bonds. The standard InChI is InChI=1S/C28H18O5/c29-27(30)23-16-24(28(31)32)18-25(17-23)33-26-12-5-4-10-21(26)14-13-19-7-6-11-22(15-19)20-8-2-1-3-9-20/h1-12,15-18H,(H,29,30)(H,31,32). The summed E-state index contributed by atoms with van der Waals surface area (Å²) in [4.78, 5) is 22.7. The van der Waals surface area contributed by atoms with Gasteiger partial charge in [0.25, 0.3) is 0 Å². The van der Waals surface area contributed by atoms with Crippen LogP contribution in [-0.4, -0.2) is 22.2 Å². The van der Waals surface area contributed by atoms with Gasteiger partial charge in [0.2, 0.25) is 0 Å². The quantitative estimate of drug-likeness (QED) is 0.380. The second-order valence-electron chi connectivity index (χ2n) is 7.15. The van der Waals surface area contributed by atoms with Crippen LogP contribution >= 0.6 is 0 Å². The van der Waals surface area contributed by atoms with Gasteiger partial charge in [0.15, 0.2) is 0 Å². The zero-order chi connectivity index (χ0) is 23.2. The Kier molecular flexibility index (Phi) is 6.19. The third-order valence-corrected chi connectivity index (χ3v) is 4.83. The number of aromatic carboxylic acids is 2. The summed E-state index contributed by atoms with van der Waals surface area (Å²) in [6, 6.07) is 28.6. The number of para-hydroxylation sites is 1. The first-order chi connectivity index (χ1) is 16.0. The summed E-state index contributed by atoms with van der Waals surface area (Å²) in [6.07, 6.45) is 0. The number of carboxylic acid groups (broad SMARTS) is 2. The molecule has 0 aliphatic heterocycles. The fourth-order valence-electron chi connectivity index (χ4n) is 3.24. The van der Waals surface area contributed by atoms with E-state index in [9.17, 15) is 19.8 Å². The van der Waals surface area contributed by atoms with E-state index in [1.807, 2.05) is 60.7 Å². The maximum atomic E-state index is 11.4. The Morgan fingerprint density at radius 2 is 1.27 bits per heavy atom. The summed E-state index contributed by atoms with van der Waals surface area (Å²) in [5, 5.41) is 18.6. The normalized spacial score (nSPS) is 10.1. The molecule has 4 aromatic carbocycles. The smallest absolute Gasteiger partial charge is 0.335 e. The van der Waals surface area contributed by atoms with Gasteiger partial charge in [-0.2, -0.15) is 0 Å². The van der Waals surface area contributed by atoms with E-state index in [1.165, 1.54) is 12.1 Å². The Bertz CT molecular complexity index is 1360. The van der Waals surface area contributed by atoms with Gasteiger partial charge in [-0.3, -0.25) is 0 Å². The zero-order valence-corrected chi connectivity index (χ0v) is 17.4. The van der Waals surface area contributed by atoms with Crippen molar-refractivity contribution in [2.24, 2.45) is 0 Å². The Labute approximate surface area is 190 Å². The zero-order valence-electron chi connectivity index (χ0n) is 17.4. The van der Waals surface area contributed by atoms with Crippen molar-refractivity contribution in [3.63, 3.8) is 0 Å². The Hall–Kier alpha value is -4.82. The van der Waals surface area contributed by atoms with Crippen LogP contribution in [0.3, 0.4) is 0 Å². The number of rotatable bonds is 5. The van der Waals surface area contributed by atoms with Crippen molar-refractivity contribution in [3.8, 4) is 34.5 Å². The number of benzene rings is 4. The topological polar surface area (TPSA) is 83.8 Å². The number of hydrogen-bond donors (Lipinski definition) is 2. The Morgan fingerprint density at radius 3 is 1.97 bits per heavy atom. The van der Waals surface area contributed by atoms with Gasteiger partial charge >= 0.3 is 11.9 Å². The van der Waals surface area contributed by atoms with Gasteiger partial charge in [-0.15, -0.1) is 0 Å². The van der Waals surface area contributed by atoms with Crippen molar-refractivity contribution in [1.29, 1.82) is 0 Å². The number of ether oxygens (including phenoxy) is 1. The molecule has 0 radical (unpaired) electrons. The molecule has 0 saturated carbocycles. The van der Waals surface area contributed by atoms with Gasteiger partial charge in [-0.05, 0) is 53.6 Å². The molecule has 160 valence electrons. The molecule has 0 heterocycles. The van der Waals surface area contributed by atoms with Crippen LogP contribution in [0, 0.1) is 11.8 Å². The Balaban J connectivity index is 1.65. The lowest BCUT2D eigenvalue weighted by molar-refractivity contribution is 0.0696. The first-order valence-corrected chi connectivity index (χ1v) is 10.1. The number of hydrogen-bond acceptors (Lipinski definition) is 3. The van der Waals surface area contributed by atoms with Crippen LogP contribution in [-0.2, 0) is 0 Å². The lowest BCUT2D eigenvalue weighted by Crippen LogP contribution is -2.03. The molecule has 0 aliphatic rings. The Morgan fingerprint density at radius 1 is 0.636 bits per heavy atom. The first kappa shape index (κ1) is 21.4. The second-order valence-corrected chi connectivity index (χ2v) is 7.15. The van der Waals surface area contributed by atoms with E-state index in [2.05, 4.69) is 11.8 Å². The van der Waals surface area contributed by atoms with Crippen molar-refractivity contribution < 1.29 is 24.5 Å². The monoisotopic (exact) mass is 434 g/mol. The maximum Gasteiger partial charge on any atom is 0.335 e. The first-order valence-electron chi connectivity index (χ1n) is 10.1. The third kappa shape index (κ3) is 5.27. The predicted octanol–water partition coefficient (Wildman–Crippen LogP) is 5.94. The summed E-state index contributed by atoms with van der Waals surface area (Å²) >= 11 is 0. The molecule has 0 aromatic heterocycles. The van der Waals surface area contributed by atoms with E-state index in [1.54, 1.807) is 18.2 Å². The highest BCUT2D eigenvalue weighted by Crippen LogP contribution is 2.27. The number of carbonyl (C=O) groups is 2. The third-order valence-electron chi connectivity index (χ3n) is 4.83. The summed E-state index contributed by atoms with van der Waals surface area (Å²) in [5.74, 6) is 4.25. The van der Waals surface area contributed by atoms with E-state index in [0.717, 1.165) is 22.8 Å². The van der Waals surface area contributed by atoms with Gasteiger partial charge in [0.05, 0.1) is 16.7 Å². The van der Waals surface area contributed by atoms with Crippen molar-refractivity contribution in [1.82, 2.24) is 0 Å². The molecule has 4 rings (SSSR count). The minimum Gasteiger partial charge on any atom is -0.478 e. The highest BCUT2D eigenvalue weighted by atomic mass is 16.5. The molecular formula is C28H18O5. The van der Waals surface area contributed by atoms with Crippen LogP contribution in [0.4, 0.5) is 0 Å². The molecule has 0 unspecified atom stereocenters. The van der Waals surface area contributed by atoms with Crippen molar-refractivity contribution in [2.45, 2.75) is 0 Å². The van der Waals surface area contributed by atoms with Gasteiger partial charge < -0.3 is 14.9 Å². The molecule has 4 aromatic rings. The van der Waals surface area contributed by atoms with E-state index in [4.69, 9.17) is 4.74 Å². The van der Waals surface area contributed by atoms with Gasteiger partial charge in [0.1, 0.15) is 11.5 Å². The highest BCUT2D eigenvalue weighted by molar-refractivity contribution is 5.94. The van der Waals surface area contributed by atoms with Gasteiger partial charge in [0, 0.05) is 5.56 Å². The molecule has 2 N–H and O–H groups in total. The van der Waals surface area contributed by atoms with E-state index in [0.29, 0.717) is 11.3 Å². The van der Waals surface area contributed by atoms with Crippen LogP contribution in [0.2, 0.25) is 0 Å². The van der Waals surface area contributed by atoms with E-state index >= 15 is 0 Å². The summed E-state index contributed by atoms with van der Waals surface area (Å²) in [6.45, 7) is 0. The largest absolute Gasteiger partial charge is 0.478 e. The van der Waals surface area contributed by atoms with Crippen LogP contribution < -0.4 is 4.74 Å². The lowest BCUT2D eigenvalue weighted by Gasteiger charge is -2.09. The van der Waals surface area contributed by atoms with Gasteiger partial charge in [-0.25, -0.2) is 9.59 Å². The summed E-state index contributed by atoms with van der Waals surface area (Å²) < 4.78 is 5.84. The second kappa shape index (κ2) is 9.54. The van der Waals surface area contributed by atoms with Crippen molar-refractivity contribution in [3.05, 3.63) is 119 Å². The molecule has 0 saturated heterocycles. The summed E-state index contributed by atoms with van der Waals surface area (Å²) in [5.41, 5.74) is 3.21. The number of carboxylic acids is 2. The maximum absolute atomic E-state index is 11.4.